The second-order valence-corrected chi connectivity index (χ2v) is 1.77. The average molecular weight is 153 g/mol. The van der Waals surface area contributed by atoms with E-state index in [1.54, 1.807) is 0 Å². The molecule has 0 aliphatic rings. The molecule has 0 aliphatic heterocycles. The van der Waals surface area contributed by atoms with Crippen molar-refractivity contribution in [1.29, 1.82) is 0 Å². The van der Waals surface area contributed by atoms with Gasteiger partial charge < -0.3 is 10.5 Å². The van der Waals surface area contributed by atoms with Gasteiger partial charge in [0.2, 0.25) is 0 Å². The molecule has 0 aliphatic carbocycles. The highest BCUT2D eigenvalue weighted by molar-refractivity contribution is 5.92. The van der Waals surface area contributed by atoms with Crippen LogP contribution in [0.1, 0.15) is 0 Å². The molecule has 0 amide bonds. The quantitative estimate of drug-likeness (QED) is 0.369. The maximum Gasteiger partial charge on any atom is 0.339 e. The first kappa shape index (κ1) is 9.49. The van der Waals surface area contributed by atoms with Crippen molar-refractivity contribution in [2.45, 2.75) is 0 Å². The zero-order chi connectivity index (χ0) is 8.85. The fourth-order valence-corrected chi connectivity index (χ4v) is 0.539. The Bertz CT molecular complexity index is 216. The maximum absolute atomic E-state index is 10.9. The van der Waals surface area contributed by atoms with Crippen LogP contribution in [-0.2, 0) is 9.53 Å². The lowest BCUT2D eigenvalue weighted by Crippen LogP contribution is -2.09. The van der Waals surface area contributed by atoms with E-state index in [0.29, 0.717) is 0 Å². The molecule has 0 atom stereocenters. The zero-order valence-electron chi connectivity index (χ0n) is 6.46. The Morgan fingerprint density at radius 2 is 2.00 bits per heavy atom. The van der Waals surface area contributed by atoms with Crippen molar-refractivity contribution in [2.75, 3.05) is 7.11 Å². The molecule has 0 radical (unpaired) electrons. The van der Waals surface area contributed by atoms with Gasteiger partial charge in [0.1, 0.15) is 0 Å². The first-order valence-electron chi connectivity index (χ1n) is 3.00. The summed E-state index contributed by atoms with van der Waals surface area (Å²) in [5.74, 6) is -0.502. The van der Waals surface area contributed by atoms with Crippen LogP contribution in [0.5, 0.6) is 0 Å². The fraction of sp³-hybridized carbons (Fsp3) is 0.125. The van der Waals surface area contributed by atoms with Crippen LogP contribution in [0.3, 0.4) is 0 Å². The second-order valence-electron chi connectivity index (χ2n) is 1.77. The molecule has 0 aromatic carbocycles. The fourth-order valence-electron chi connectivity index (χ4n) is 0.539. The normalized spacial score (nSPS) is 11.4. The predicted octanol–water partition coefficient (Wildman–Crippen LogP) is 0.744. The van der Waals surface area contributed by atoms with E-state index >= 15 is 0 Å². The largest absolute Gasteiger partial charge is 0.465 e. The number of rotatable bonds is 3. The summed E-state index contributed by atoms with van der Waals surface area (Å²) >= 11 is 0. The summed E-state index contributed by atoms with van der Waals surface area (Å²) in [5, 5.41) is 0. The van der Waals surface area contributed by atoms with Crippen LogP contribution < -0.4 is 5.73 Å². The lowest BCUT2D eigenvalue weighted by Gasteiger charge is -2.00. The molecule has 0 rings (SSSR count). The van der Waals surface area contributed by atoms with Gasteiger partial charge >= 0.3 is 5.97 Å². The average Bonchev–Trinajstić information content (AvgIpc) is 2.05. The van der Waals surface area contributed by atoms with Gasteiger partial charge in [0.25, 0.3) is 0 Å². The summed E-state index contributed by atoms with van der Waals surface area (Å²) in [6.07, 6.45) is 2.71. The smallest absolute Gasteiger partial charge is 0.339 e. The molecule has 0 bridgehead atoms. The Hall–Kier alpha value is -1.51. The third kappa shape index (κ3) is 2.29. The van der Waals surface area contributed by atoms with E-state index in [4.69, 9.17) is 5.73 Å². The molecule has 0 saturated carbocycles. The molecular weight excluding hydrogens is 142 g/mol. The van der Waals surface area contributed by atoms with Crippen molar-refractivity contribution < 1.29 is 9.53 Å². The van der Waals surface area contributed by atoms with Crippen LogP contribution in [0.25, 0.3) is 0 Å². The third-order valence-electron chi connectivity index (χ3n) is 1.14. The summed E-state index contributed by atoms with van der Waals surface area (Å²) in [6, 6.07) is 0. The lowest BCUT2D eigenvalue weighted by atomic mass is 10.2. The van der Waals surface area contributed by atoms with Crippen molar-refractivity contribution in [3.63, 3.8) is 0 Å². The first-order valence-corrected chi connectivity index (χ1v) is 3.00. The predicted molar refractivity (Wildman–Crippen MR) is 43.6 cm³/mol. The number of carbonyl (C=O) groups excluding carboxylic acids is 1. The molecule has 2 N–H and O–H groups in total. The minimum Gasteiger partial charge on any atom is -0.465 e. The zero-order valence-corrected chi connectivity index (χ0v) is 6.46. The van der Waals surface area contributed by atoms with Crippen molar-refractivity contribution in [1.82, 2.24) is 0 Å². The van der Waals surface area contributed by atoms with E-state index < -0.39 is 5.97 Å². The summed E-state index contributed by atoms with van der Waals surface area (Å²) < 4.78 is 4.43. The molecule has 0 aromatic rings. The molecule has 0 spiro atoms. The third-order valence-corrected chi connectivity index (χ3v) is 1.14. The number of hydrogen-bond acceptors (Lipinski definition) is 3. The van der Waals surface area contributed by atoms with Gasteiger partial charge in [-0.3, -0.25) is 0 Å². The van der Waals surface area contributed by atoms with Gasteiger partial charge in [-0.25, -0.2) is 4.79 Å². The molecular formula is C8H11NO2. The van der Waals surface area contributed by atoms with Crippen LogP contribution in [0.4, 0.5) is 0 Å². The molecule has 11 heavy (non-hydrogen) atoms. The van der Waals surface area contributed by atoms with Gasteiger partial charge in [-0.15, -0.1) is 0 Å². The highest BCUT2D eigenvalue weighted by atomic mass is 16.5. The molecule has 0 heterocycles. The van der Waals surface area contributed by atoms with Crippen molar-refractivity contribution in [2.24, 2.45) is 5.73 Å². The van der Waals surface area contributed by atoms with E-state index in [-0.39, 0.29) is 11.3 Å². The van der Waals surface area contributed by atoms with Crippen LogP contribution in [0.2, 0.25) is 0 Å². The van der Waals surface area contributed by atoms with Gasteiger partial charge in [0.15, 0.2) is 0 Å². The summed E-state index contributed by atoms with van der Waals surface area (Å²) in [7, 11) is 1.28. The number of methoxy groups -OCH3 is 1. The molecule has 0 unspecified atom stereocenters. The maximum atomic E-state index is 10.9. The van der Waals surface area contributed by atoms with Gasteiger partial charge in [0.05, 0.1) is 12.7 Å². The van der Waals surface area contributed by atoms with Gasteiger partial charge in [-0.1, -0.05) is 19.2 Å². The highest BCUT2D eigenvalue weighted by Gasteiger charge is 2.07. The summed E-state index contributed by atoms with van der Waals surface area (Å²) in [5.41, 5.74) is 5.90. The van der Waals surface area contributed by atoms with Crippen molar-refractivity contribution in [3.8, 4) is 0 Å². The second kappa shape index (κ2) is 4.33. The summed E-state index contributed by atoms with van der Waals surface area (Å²) in [4.78, 5) is 10.9. The Kier molecular flexibility index (Phi) is 3.73. The molecule has 3 nitrogen and oxygen atoms in total. The lowest BCUT2D eigenvalue weighted by molar-refractivity contribution is -0.135. The molecule has 3 heteroatoms. The molecule has 60 valence electrons. The monoisotopic (exact) mass is 153 g/mol. The molecule has 0 fully saturated rings. The number of nitrogens with two attached hydrogens (primary N) is 1. The number of esters is 1. The molecule has 0 saturated heterocycles. The Morgan fingerprint density at radius 3 is 2.27 bits per heavy atom. The summed E-state index contributed by atoms with van der Waals surface area (Å²) in [6.45, 7) is 6.82. The number of hydrogen-bond donors (Lipinski definition) is 1. The van der Waals surface area contributed by atoms with Crippen LogP contribution in [-0.4, -0.2) is 13.1 Å². The Labute approximate surface area is 65.8 Å². The Morgan fingerprint density at radius 1 is 1.45 bits per heavy atom. The first-order chi connectivity index (χ1) is 5.17. The van der Waals surface area contributed by atoms with Gasteiger partial charge in [0, 0.05) is 5.70 Å². The van der Waals surface area contributed by atoms with E-state index in [1.165, 1.54) is 19.3 Å². The van der Waals surface area contributed by atoms with E-state index in [2.05, 4.69) is 17.9 Å². The van der Waals surface area contributed by atoms with Crippen LogP contribution in [0, 0.1) is 0 Å². The van der Waals surface area contributed by atoms with Crippen LogP contribution in [0.15, 0.2) is 36.6 Å². The van der Waals surface area contributed by atoms with Gasteiger partial charge in [-0.05, 0) is 6.08 Å². The number of allylic oxidation sites excluding steroid dienone is 1. The number of ether oxygens (including phenoxy) is 1. The standard InChI is InChI=1S/C8H11NO2/c1-4-6(7(9)5-2)8(10)11-3/h4-5H,1-2,9H2,3H3/b7-6-. The van der Waals surface area contributed by atoms with E-state index in [0.717, 1.165) is 0 Å². The minimum atomic E-state index is -0.502. The molecule has 0 aromatic heterocycles. The van der Waals surface area contributed by atoms with E-state index in [1.807, 2.05) is 0 Å². The Balaban J connectivity index is 4.78. The van der Waals surface area contributed by atoms with E-state index in [9.17, 15) is 4.79 Å². The topological polar surface area (TPSA) is 52.3 Å². The minimum absolute atomic E-state index is 0.238. The van der Waals surface area contributed by atoms with Gasteiger partial charge in [-0.2, -0.15) is 0 Å². The highest BCUT2D eigenvalue weighted by Crippen LogP contribution is 2.02. The number of carbonyl (C=O) groups is 1. The SMILES string of the molecule is C=C/C(N)=C(\C=C)C(=O)OC. The van der Waals surface area contributed by atoms with Crippen LogP contribution >= 0.6 is 0 Å². The van der Waals surface area contributed by atoms with Crippen molar-refractivity contribution >= 4 is 5.97 Å². The van der Waals surface area contributed by atoms with Crippen molar-refractivity contribution in [3.05, 3.63) is 36.6 Å².